The van der Waals surface area contributed by atoms with E-state index in [1.807, 2.05) is 0 Å². The molecule has 2 aromatic carbocycles. The maximum Gasteiger partial charge on any atom is 0.419 e. The minimum atomic E-state index is -4.77. The average molecular weight is 383 g/mol. The molecule has 0 saturated carbocycles. The Morgan fingerprint density at radius 3 is 2.19 bits per heavy atom. The van der Waals surface area contributed by atoms with Gasteiger partial charge in [0.25, 0.3) is 0 Å². The van der Waals surface area contributed by atoms with Gasteiger partial charge in [-0.25, -0.2) is 4.39 Å². The van der Waals surface area contributed by atoms with Crippen molar-refractivity contribution >= 4 is 27.5 Å². The Bertz CT molecular complexity index is 673. The second-order valence-electron chi connectivity index (χ2n) is 4.39. The molecule has 7 heteroatoms. The molecule has 0 aliphatic heterocycles. The zero-order valence-electron chi connectivity index (χ0n) is 10.4. The standard InChI is InChI=1S/C14H9BrClF4N/c15-10-3-1-8(6-11(10)16)13(21)7-2-4-12(17)9(5-7)14(18,19)20/h1-6,13H,21H2. The second-order valence-corrected chi connectivity index (χ2v) is 5.65. The number of halogens is 6. The van der Waals surface area contributed by atoms with E-state index >= 15 is 0 Å². The first-order valence-electron chi connectivity index (χ1n) is 5.77. The van der Waals surface area contributed by atoms with Crippen LogP contribution < -0.4 is 5.73 Å². The van der Waals surface area contributed by atoms with Gasteiger partial charge < -0.3 is 5.73 Å². The first-order chi connectivity index (χ1) is 9.70. The fourth-order valence-electron chi connectivity index (χ4n) is 1.85. The van der Waals surface area contributed by atoms with Crippen molar-refractivity contribution in [2.75, 3.05) is 0 Å². The first-order valence-corrected chi connectivity index (χ1v) is 6.94. The summed E-state index contributed by atoms with van der Waals surface area (Å²) in [6, 6.07) is 6.70. The highest BCUT2D eigenvalue weighted by molar-refractivity contribution is 9.10. The van der Waals surface area contributed by atoms with Crippen LogP contribution in [0.25, 0.3) is 0 Å². The van der Waals surface area contributed by atoms with Crippen molar-refractivity contribution in [3.63, 3.8) is 0 Å². The number of benzene rings is 2. The molecule has 2 N–H and O–H groups in total. The van der Waals surface area contributed by atoms with E-state index < -0.39 is 23.6 Å². The summed E-state index contributed by atoms with van der Waals surface area (Å²) in [5, 5.41) is 0.390. The molecule has 1 unspecified atom stereocenters. The van der Waals surface area contributed by atoms with E-state index in [0.717, 1.165) is 12.1 Å². The summed E-state index contributed by atoms with van der Waals surface area (Å²) >= 11 is 9.14. The van der Waals surface area contributed by atoms with Crippen LogP contribution in [-0.2, 0) is 6.18 Å². The third-order valence-electron chi connectivity index (χ3n) is 2.96. The fraction of sp³-hybridized carbons (Fsp3) is 0.143. The Morgan fingerprint density at radius 1 is 1.05 bits per heavy atom. The molecular weight excluding hydrogens is 374 g/mol. The van der Waals surface area contributed by atoms with Gasteiger partial charge in [0.05, 0.1) is 16.6 Å². The number of nitrogens with two attached hydrogens (primary N) is 1. The van der Waals surface area contributed by atoms with Crippen molar-refractivity contribution < 1.29 is 17.6 Å². The number of alkyl halides is 3. The van der Waals surface area contributed by atoms with E-state index in [4.69, 9.17) is 17.3 Å². The van der Waals surface area contributed by atoms with E-state index in [0.29, 0.717) is 15.1 Å². The summed E-state index contributed by atoms with van der Waals surface area (Å²) in [6.07, 6.45) is -4.77. The summed E-state index contributed by atoms with van der Waals surface area (Å²) in [5.74, 6) is -1.33. The van der Waals surface area contributed by atoms with Gasteiger partial charge >= 0.3 is 6.18 Å². The summed E-state index contributed by atoms with van der Waals surface area (Å²) in [5.41, 5.74) is 5.28. The monoisotopic (exact) mass is 381 g/mol. The minimum Gasteiger partial charge on any atom is -0.320 e. The molecule has 0 aromatic heterocycles. The van der Waals surface area contributed by atoms with Crippen molar-refractivity contribution in [1.29, 1.82) is 0 Å². The van der Waals surface area contributed by atoms with Gasteiger partial charge in [-0.15, -0.1) is 0 Å². The molecule has 112 valence electrons. The van der Waals surface area contributed by atoms with Gasteiger partial charge in [0, 0.05) is 4.47 Å². The number of rotatable bonds is 2. The molecule has 0 radical (unpaired) electrons. The Balaban J connectivity index is 2.44. The van der Waals surface area contributed by atoms with E-state index in [1.165, 1.54) is 6.07 Å². The van der Waals surface area contributed by atoms with Crippen LogP contribution in [0.2, 0.25) is 5.02 Å². The molecule has 0 fully saturated rings. The summed E-state index contributed by atoms with van der Waals surface area (Å²) in [6.45, 7) is 0. The average Bonchev–Trinajstić information content (AvgIpc) is 2.40. The fourth-order valence-corrected chi connectivity index (χ4v) is 2.29. The lowest BCUT2D eigenvalue weighted by Crippen LogP contribution is -2.15. The van der Waals surface area contributed by atoms with Gasteiger partial charge in [0.1, 0.15) is 5.82 Å². The number of hydrogen-bond donors (Lipinski definition) is 1. The van der Waals surface area contributed by atoms with Crippen LogP contribution in [-0.4, -0.2) is 0 Å². The minimum absolute atomic E-state index is 0.155. The quantitative estimate of drug-likeness (QED) is 0.700. The zero-order valence-corrected chi connectivity index (χ0v) is 12.7. The Morgan fingerprint density at radius 2 is 1.62 bits per heavy atom. The third-order valence-corrected chi connectivity index (χ3v) is 4.19. The molecule has 0 aliphatic rings. The molecule has 0 aliphatic carbocycles. The van der Waals surface area contributed by atoms with Crippen LogP contribution in [0, 0.1) is 5.82 Å². The van der Waals surface area contributed by atoms with E-state index in [1.54, 1.807) is 18.2 Å². The molecule has 2 aromatic rings. The van der Waals surface area contributed by atoms with E-state index in [9.17, 15) is 17.6 Å². The van der Waals surface area contributed by atoms with Crippen LogP contribution >= 0.6 is 27.5 Å². The van der Waals surface area contributed by atoms with Gasteiger partial charge in [0.2, 0.25) is 0 Å². The van der Waals surface area contributed by atoms with E-state index in [-0.39, 0.29) is 5.56 Å². The first kappa shape index (κ1) is 16.3. The highest BCUT2D eigenvalue weighted by Gasteiger charge is 2.34. The molecule has 0 spiro atoms. The molecule has 21 heavy (non-hydrogen) atoms. The number of hydrogen-bond acceptors (Lipinski definition) is 1. The maximum atomic E-state index is 13.3. The Kier molecular flexibility index (Phi) is 4.60. The van der Waals surface area contributed by atoms with Crippen molar-refractivity contribution in [2.24, 2.45) is 5.73 Å². The smallest absolute Gasteiger partial charge is 0.320 e. The largest absolute Gasteiger partial charge is 0.419 e. The summed E-state index contributed by atoms with van der Waals surface area (Å²) < 4.78 is 52.0. The van der Waals surface area contributed by atoms with Crippen LogP contribution in [0.1, 0.15) is 22.7 Å². The van der Waals surface area contributed by atoms with Gasteiger partial charge in [-0.05, 0) is 51.3 Å². The van der Waals surface area contributed by atoms with Gasteiger partial charge in [-0.2, -0.15) is 13.2 Å². The Hall–Kier alpha value is -1.11. The molecule has 0 bridgehead atoms. The van der Waals surface area contributed by atoms with Gasteiger partial charge in [-0.1, -0.05) is 23.7 Å². The van der Waals surface area contributed by atoms with Gasteiger partial charge in [-0.3, -0.25) is 0 Å². The van der Waals surface area contributed by atoms with Crippen molar-refractivity contribution in [3.8, 4) is 0 Å². The third kappa shape index (κ3) is 3.56. The van der Waals surface area contributed by atoms with Gasteiger partial charge in [0.15, 0.2) is 0 Å². The zero-order chi connectivity index (χ0) is 15.8. The molecule has 0 saturated heterocycles. The van der Waals surface area contributed by atoms with Crippen molar-refractivity contribution in [2.45, 2.75) is 12.2 Å². The normalized spacial score (nSPS) is 13.3. The van der Waals surface area contributed by atoms with Crippen molar-refractivity contribution in [1.82, 2.24) is 0 Å². The molecular formula is C14H9BrClF4N. The molecule has 1 atom stereocenters. The maximum absolute atomic E-state index is 13.3. The van der Waals surface area contributed by atoms with Crippen LogP contribution in [0.3, 0.4) is 0 Å². The lowest BCUT2D eigenvalue weighted by molar-refractivity contribution is -0.140. The van der Waals surface area contributed by atoms with E-state index in [2.05, 4.69) is 15.9 Å². The topological polar surface area (TPSA) is 26.0 Å². The predicted octanol–water partition coefficient (Wildman–Crippen LogP) is 5.31. The van der Waals surface area contributed by atoms with Crippen LogP contribution in [0.15, 0.2) is 40.9 Å². The lowest BCUT2D eigenvalue weighted by Gasteiger charge is -2.16. The van der Waals surface area contributed by atoms with Crippen molar-refractivity contribution in [3.05, 3.63) is 68.4 Å². The summed E-state index contributed by atoms with van der Waals surface area (Å²) in [7, 11) is 0. The van der Waals surface area contributed by atoms with Crippen LogP contribution in [0.5, 0.6) is 0 Å². The van der Waals surface area contributed by atoms with Crippen LogP contribution in [0.4, 0.5) is 17.6 Å². The molecule has 2 rings (SSSR count). The highest BCUT2D eigenvalue weighted by atomic mass is 79.9. The predicted molar refractivity (Wildman–Crippen MR) is 76.6 cm³/mol. The molecule has 1 nitrogen and oxygen atoms in total. The lowest BCUT2D eigenvalue weighted by atomic mass is 9.97. The Labute approximate surface area is 131 Å². The molecule has 0 heterocycles. The summed E-state index contributed by atoms with van der Waals surface area (Å²) in [4.78, 5) is 0. The second kappa shape index (κ2) is 5.94. The highest BCUT2D eigenvalue weighted by Crippen LogP contribution is 2.34. The molecule has 0 amide bonds. The SMILES string of the molecule is NC(c1ccc(Br)c(Cl)c1)c1ccc(F)c(C(F)(F)F)c1.